The van der Waals surface area contributed by atoms with Crippen molar-refractivity contribution < 1.29 is 23.7 Å². The maximum atomic E-state index is 5.75. The van der Waals surface area contributed by atoms with Gasteiger partial charge in [0.2, 0.25) is 6.79 Å². The summed E-state index contributed by atoms with van der Waals surface area (Å²) in [5.74, 6) is 3.78. The lowest BCUT2D eigenvalue weighted by Crippen LogP contribution is -2.06. The molecule has 1 heterocycles. The zero-order chi connectivity index (χ0) is 15.9. The lowest BCUT2D eigenvalue weighted by Gasteiger charge is -2.12. The first-order valence-electron chi connectivity index (χ1n) is 7.74. The SMILES string of the molecule is CCOc1ccccc1OCCCOc1ccc2c(c1)OCO2. The first kappa shape index (κ1) is 15.3. The summed E-state index contributed by atoms with van der Waals surface area (Å²) in [5.41, 5.74) is 0. The van der Waals surface area contributed by atoms with Gasteiger partial charge in [-0.2, -0.15) is 0 Å². The molecule has 5 heteroatoms. The molecule has 0 spiro atoms. The molecule has 122 valence electrons. The number of para-hydroxylation sites is 2. The summed E-state index contributed by atoms with van der Waals surface area (Å²) in [6, 6.07) is 13.2. The smallest absolute Gasteiger partial charge is 0.231 e. The molecule has 0 saturated heterocycles. The molecule has 0 radical (unpaired) electrons. The standard InChI is InChI=1S/C18H20O5/c1-2-19-15-6-3-4-7-16(15)21-11-5-10-20-14-8-9-17-18(12-14)23-13-22-17/h3-4,6-9,12H,2,5,10-11,13H2,1H3. The van der Waals surface area contributed by atoms with Gasteiger partial charge in [0, 0.05) is 12.5 Å². The van der Waals surface area contributed by atoms with E-state index in [1.54, 1.807) is 0 Å². The van der Waals surface area contributed by atoms with Crippen molar-refractivity contribution >= 4 is 0 Å². The zero-order valence-corrected chi connectivity index (χ0v) is 13.1. The van der Waals surface area contributed by atoms with Crippen LogP contribution < -0.4 is 23.7 Å². The third kappa shape index (κ3) is 4.00. The first-order chi connectivity index (χ1) is 11.4. The fourth-order valence-electron chi connectivity index (χ4n) is 2.24. The molecule has 1 aliphatic rings. The molecule has 0 aromatic heterocycles. The van der Waals surface area contributed by atoms with Crippen molar-refractivity contribution in [2.45, 2.75) is 13.3 Å². The summed E-state index contributed by atoms with van der Waals surface area (Å²) in [6.07, 6.45) is 0.773. The van der Waals surface area contributed by atoms with Crippen molar-refractivity contribution in [3.05, 3.63) is 42.5 Å². The van der Waals surface area contributed by atoms with Crippen molar-refractivity contribution in [3.8, 4) is 28.7 Å². The lowest BCUT2D eigenvalue weighted by atomic mass is 10.3. The van der Waals surface area contributed by atoms with E-state index in [9.17, 15) is 0 Å². The third-order valence-corrected chi connectivity index (χ3v) is 3.31. The highest BCUT2D eigenvalue weighted by molar-refractivity contribution is 5.46. The summed E-state index contributed by atoms with van der Waals surface area (Å²) in [7, 11) is 0. The highest BCUT2D eigenvalue weighted by Crippen LogP contribution is 2.35. The van der Waals surface area contributed by atoms with E-state index in [4.69, 9.17) is 23.7 Å². The monoisotopic (exact) mass is 316 g/mol. The summed E-state index contributed by atoms with van der Waals surface area (Å²) < 4.78 is 27.6. The fourth-order valence-corrected chi connectivity index (χ4v) is 2.24. The molecule has 3 rings (SSSR count). The zero-order valence-electron chi connectivity index (χ0n) is 13.1. The average Bonchev–Trinajstić information content (AvgIpc) is 3.04. The van der Waals surface area contributed by atoms with Gasteiger partial charge in [0.1, 0.15) is 5.75 Å². The Labute approximate surface area is 135 Å². The fraction of sp³-hybridized carbons (Fsp3) is 0.333. The molecule has 0 unspecified atom stereocenters. The topological polar surface area (TPSA) is 46.2 Å². The number of hydrogen-bond donors (Lipinski definition) is 0. The second-order valence-electron chi connectivity index (χ2n) is 4.95. The molecular weight excluding hydrogens is 296 g/mol. The van der Waals surface area contributed by atoms with Gasteiger partial charge in [-0.25, -0.2) is 0 Å². The van der Waals surface area contributed by atoms with Crippen LogP contribution in [-0.4, -0.2) is 26.6 Å². The Balaban J connectivity index is 1.42. The number of ether oxygens (including phenoxy) is 5. The van der Waals surface area contributed by atoms with E-state index < -0.39 is 0 Å². The molecule has 0 aliphatic carbocycles. The lowest BCUT2D eigenvalue weighted by molar-refractivity contribution is 0.173. The van der Waals surface area contributed by atoms with Crippen LogP contribution in [0.25, 0.3) is 0 Å². The van der Waals surface area contributed by atoms with E-state index in [1.807, 2.05) is 49.4 Å². The minimum absolute atomic E-state index is 0.270. The largest absolute Gasteiger partial charge is 0.493 e. The normalized spacial score (nSPS) is 12.0. The van der Waals surface area contributed by atoms with Crippen LogP contribution in [0.3, 0.4) is 0 Å². The molecule has 5 nitrogen and oxygen atoms in total. The van der Waals surface area contributed by atoms with Crippen molar-refractivity contribution in [1.82, 2.24) is 0 Å². The third-order valence-electron chi connectivity index (χ3n) is 3.31. The molecule has 0 atom stereocenters. The first-order valence-corrected chi connectivity index (χ1v) is 7.74. The molecule has 0 saturated carbocycles. The van der Waals surface area contributed by atoms with Crippen molar-refractivity contribution in [2.24, 2.45) is 0 Å². The predicted octanol–water partition coefficient (Wildman–Crippen LogP) is 3.66. The minimum Gasteiger partial charge on any atom is -0.493 e. The van der Waals surface area contributed by atoms with Crippen LogP contribution in [-0.2, 0) is 0 Å². The number of hydrogen-bond acceptors (Lipinski definition) is 5. The Morgan fingerprint density at radius 3 is 2.43 bits per heavy atom. The number of rotatable bonds is 8. The summed E-state index contributed by atoms with van der Waals surface area (Å²) in [4.78, 5) is 0. The van der Waals surface area contributed by atoms with E-state index in [0.717, 1.165) is 35.2 Å². The molecule has 0 fully saturated rings. The summed E-state index contributed by atoms with van der Waals surface area (Å²) in [6.45, 7) is 3.97. The van der Waals surface area contributed by atoms with E-state index in [2.05, 4.69) is 0 Å². The molecule has 0 amide bonds. The van der Waals surface area contributed by atoms with Gasteiger partial charge in [0.25, 0.3) is 0 Å². The molecule has 23 heavy (non-hydrogen) atoms. The van der Waals surface area contributed by atoms with Gasteiger partial charge in [0.15, 0.2) is 23.0 Å². The Hall–Kier alpha value is -2.56. The number of benzene rings is 2. The molecule has 2 aromatic rings. The van der Waals surface area contributed by atoms with E-state index in [1.165, 1.54) is 0 Å². The van der Waals surface area contributed by atoms with Gasteiger partial charge in [0.05, 0.1) is 19.8 Å². The van der Waals surface area contributed by atoms with Gasteiger partial charge in [-0.15, -0.1) is 0 Å². The minimum atomic E-state index is 0.270. The Morgan fingerprint density at radius 2 is 1.61 bits per heavy atom. The summed E-state index contributed by atoms with van der Waals surface area (Å²) >= 11 is 0. The maximum Gasteiger partial charge on any atom is 0.231 e. The van der Waals surface area contributed by atoms with Gasteiger partial charge in [-0.1, -0.05) is 12.1 Å². The molecule has 0 N–H and O–H groups in total. The predicted molar refractivity (Wildman–Crippen MR) is 85.8 cm³/mol. The second kappa shape index (κ2) is 7.63. The van der Waals surface area contributed by atoms with Crippen LogP contribution in [0.1, 0.15) is 13.3 Å². The quantitative estimate of drug-likeness (QED) is 0.696. The Morgan fingerprint density at radius 1 is 0.870 bits per heavy atom. The number of fused-ring (bicyclic) bond motifs is 1. The van der Waals surface area contributed by atoms with Crippen molar-refractivity contribution in [1.29, 1.82) is 0 Å². The van der Waals surface area contributed by atoms with Gasteiger partial charge >= 0.3 is 0 Å². The second-order valence-corrected chi connectivity index (χ2v) is 4.95. The van der Waals surface area contributed by atoms with Crippen LogP contribution >= 0.6 is 0 Å². The van der Waals surface area contributed by atoms with Crippen LogP contribution in [0, 0.1) is 0 Å². The van der Waals surface area contributed by atoms with Gasteiger partial charge in [-0.05, 0) is 31.2 Å². The van der Waals surface area contributed by atoms with Crippen molar-refractivity contribution in [2.75, 3.05) is 26.6 Å². The Kier molecular flexibility index (Phi) is 5.09. The maximum absolute atomic E-state index is 5.75. The van der Waals surface area contributed by atoms with E-state index >= 15 is 0 Å². The van der Waals surface area contributed by atoms with Crippen LogP contribution in [0.2, 0.25) is 0 Å². The van der Waals surface area contributed by atoms with E-state index in [0.29, 0.717) is 19.8 Å². The Bertz CT molecular complexity index is 641. The highest BCUT2D eigenvalue weighted by atomic mass is 16.7. The summed E-state index contributed by atoms with van der Waals surface area (Å²) in [5, 5.41) is 0. The van der Waals surface area contributed by atoms with E-state index in [-0.39, 0.29) is 6.79 Å². The van der Waals surface area contributed by atoms with Crippen LogP contribution in [0.5, 0.6) is 28.7 Å². The molecule has 0 bridgehead atoms. The van der Waals surface area contributed by atoms with Crippen LogP contribution in [0.4, 0.5) is 0 Å². The average molecular weight is 316 g/mol. The molecular formula is C18H20O5. The van der Waals surface area contributed by atoms with Gasteiger partial charge in [-0.3, -0.25) is 0 Å². The van der Waals surface area contributed by atoms with Crippen molar-refractivity contribution in [3.63, 3.8) is 0 Å². The molecule has 1 aliphatic heterocycles. The highest BCUT2D eigenvalue weighted by Gasteiger charge is 2.13. The van der Waals surface area contributed by atoms with Crippen LogP contribution in [0.15, 0.2) is 42.5 Å². The molecule has 2 aromatic carbocycles. The van der Waals surface area contributed by atoms with Gasteiger partial charge < -0.3 is 23.7 Å².